The molecule has 2 heterocycles. The molecule has 0 radical (unpaired) electrons. The van der Waals surface area contributed by atoms with Crippen molar-refractivity contribution >= 4 is 11.7 Å². The molecule has 4 aliphatic rings. The predicted octanol–water partition coefficient (Wildman–Crippen LogP) is 3.47. The minimum atomic E-state index is 0.0824. The van der Waals surface area contributed by atoms with Crippen molar-refractivity contribution in [3.05, 3.63) is 40.5 Å². The van der Waals surface area contributed by atoms with Crippen molar-refractivity contribution in [2.75, 3.05) is 37.6 Å². The van der Waals surface area contributed by atoms with Crippen molar-refractivity contribution in [2.45, 2.75) is 65.9 Å². The number of aryl methyl sites for hydroxylation is 1. The van der Waals surface area contributed by atoms with Crippen LogP contribution in [0.2, 0.25) is 0 Å². The number of allylic oxidation sites excluding steroid dienone is 2. The van der Waals surface area contributed by atoms with Crippen molar-refractivity contribution in [2.24, 2.45) is 17.3 Å². The number of quaternary nitrogens is 1. The molecule has 0 spiro atoms. The van der Waals surface area contributed by atoms with Crippen molar-refractivity contribution < 1.29 is 14.4 Å². The van der Waals surface area contributed by atoms with E-state index in [1.165, 1.54) is 36.1 Å². The number of benzene rings is 1. The quantitative estimate of drug-likeness (QED) is 0.597. The van der Waals surface area contributed by atoms with Crippen molar-refractivity contribution in [1.82, 2.24) is 0 Å². The van der Waals surface area contributed by atoms with E-state index in [1.54, 1.807) is 16.0 Å². The molecule has 31 heavy (non-hydrogen) atoms. The SMILES string of the molecule is CC1=C2C[C@H]3[C@@H](C[C@@]2(C)CCC1)OC(=O)[C@@H]3C[NH+]1CCN(c2cccc(C)c2C)CC1. The highest BCUT2D eigenvalue weighted by Crippen LogP contribution is 2.54. The first-order valence-corrected chi connectivity index (χ1v) is 12.4. The van der Waals surface area contributed by atoms with Gasteiger partial charge in [0.15, 0.2) is 0 Å². The summed E-state index contributed by atoms with van der Waals surface area (Å²) in [4.78, 5) is 17.0. The summed E-state index contributed by atoms with van der Waals surface area (Å²) in [7, 11) is 0. The van der Waals surface area contributed by atoms with Crippen LogP contribution in [0.15, 0.2) is 29.3 Å². The van der Waals surface area contributed by atoms with Gasteiger partial charge in [-0.2, -0.15) is 0 Å². The molecular formula is C27H39N2O2+. The Balaban J connectivity index is 1.25. The third-order valence-corrected chi connectivity index (χ3v) is 9.08. The number of esters is 1. The summed E-state index contributed by atoms with van der Waals surface area (Å²) in [5.74, 6) is 0.562. The zero-order valence-corrected chi connectivity index (χ0v) is 19.8. The average Bonchev–Trinajstić information content (AvgIpc) is 3.03. The van der Waals surface area contributed by atoms with E-state index in [0.717, 1.165) is 45.6 Å². The lowest BCUT2D eigenvalue weighted by Gasteiger charge is -2.45. The Morgan fingerprint density at radius 2 is 1.97 bits per heavy atom. The number of rotatable bonds is 3. The van der Waals surface area contributed by atoms with Crippen molar-refractivity contribution in [3.8, 4) is 0 Å². The molecular weight excluding hydrogens is 384 g/mol. The molecule has 1 aromatic carbocycles. The molecule has 1 saturated carbocycles. The number of piperazine rings is 1. The standard InChI is InChI=1S/C27H38N2O2/c1-18-7-5-9-24(20(18)3)29-13-11-28(12-14-29)17-22-21-15-23-19(2)8-6-10-27(23,4)16-25(21)31-26(22)30/h5,7,9,21-22,25H,6,8,10-17H2,1-4H3/p+1/t21-,22-,25-,27-/m1/s1. The fourth-order valence-corrected chi connectivity index (χ4v) is 7.00. The number of carbonyl (C=O) groups excluding carboxylic acids is 1. The summed E-state index contributed by atoms with van der Waals surface area (Å²) in [6, 6.07) is 6.62. The normalized spacial score (nSPS) is 33.9. The Hall–Kier alpha value is -1.81. The van der Waals surface area contributed by atoms with E-state index in [2.05, 4.69) is 50.8 Å². The van der Waals surface area contributed by atoms with Crippen LogP contribution in [-0.4, -0.2) is 44.8 Å². The minimum Gasteiger partial charge on any atom is -0.462 e. The lowest BCUT2D eigenvalue weighted by molar-refractivity contribution is -0.903. The summed E-state index contributed by atoms with van der Waals surface area (Å²) in [5.41, 5.74) is 7.67. The smallest absolute Gasteiger partial charge is 0.315 e. The number of carbonyl (C=O) groups is 1. The van der Waals surface area contributed by atoms with Crippen LogP contribution < -0.4 is 9.80 Å². The second kappa shape index (κ2) is 7.95. The highest BCUT2D eigenvalue weighted by molar-refractivity contribution is 5.75. The summed E-state index contributed by atoms with van der Waals surface area (Å²) in [6.07, 6.45) is 6.07. The number of fused-ring (bicyclic) bond motifs is 2. The lowest BCUT2D eigenvalue weighted by atomic mass is 9.59. The molecule has 168 valence electrons. The number of nitrogens with one attached hydrogen (secondary N) is 1. The molecule has 0 bridgehead atoms. The fourth-order valence-electron chi connectivity index (χ4n) is 7.00. The second-order valence-corrected chi connectivity index (χ2v) is 11.0. The van der Waals surface area contributed by atoms with Crippen molar-refractivity contribution in [3.63, 3.8) is 0 Å². The van der Waals surface area contributed by atoms with E-state index in [-0.39, 0.29) is 23.4 Å². The molecule has 1 aromatic rings. The van der Waals surface area contributed by atoms with Crippen molar-refractivity contribution in [1.29, 1.82) is 0 Å². The first kappa shape index (κ1) is 21.1. The third kappa shape index (κ3) is 3.71. The molecule has 0 amide bonds. The van der Waals surface area contributed by atoms with Crippen LogP contribution in [0.4, 0.5) is 5.69 Å². The number of hydrogen-bond acceptors (Lipinski definition) is 3. The minimum absolute atomic E-state index is 0.0824. The molecule has 3 fully saturated rings. The van der Waals surface area contributed by atoms with Crippen LogP contribution in [0.1, 0.15) is 57.1 Å². The Morgan fingerprint density at radius 3 is 2.74 bits per heavy atom. The largest absolute Gasteiger partial charge is 0.462 e. The van der Waals surface area contributed by atoms with Gasteiger partial charge in [0.2, 0.25) is 0 Å². The Bertz CT molecular complexity index is 898. The van der Waals surface area contributed by atoms with Gasteiger partial charge in [0.25, 0.3) is 0 Å². The van der Waals surface area contributed by atoms with Gasteiger partial charge in [0.1, 0.15) is 12.0 Å². The number of anilines is 1. The van der Waals surface area contributed by atoms with Crippen LogP contribution in [0.3, 0.4) is 0 Å². The molecule has 0 aromatic heterocycles. The number of ether oxygens (including phenoxy) is 1. The first-order chi connectivity index (χ1) is 14.9. The van der Waals surface area contributed by atoms with Crippen LogP contribution in [-0.2, 0) is 9.53 Å². The fraction of sp³-hybridized carbons (Fsp3) is 0.667. The highest BCUT2D eigenvalue weighted by atomic mass is 16.6. The Morgan fingerprint density at radius 1 is 1.19 bits per heavy atom. The van der Waals surface area contributed by atoms with Gasteiger partial charge in [-0.1, -0.05) is 30.2 Å². The lowest BCUT2D eigenvalue weighted by Crippen LogP contribution is -3.15. The van der Waals surface area contributed by atoms with Gasteiger partial charge in [-0.25, -0.2) is 0 Å². The summed E-state index contributed by atoms with van der Waals surface area (Å²) < 4.78 is 6.00. The van der Waals surface area contributed by atoms with Gasteiger partial charge >= 0.3 is 5.97 Å². The van der Waals surface area contributed by atoms with E-state index in [1.807, 2.05) is 0 Å². The summed E-state index contributed by atoms with van der Waals surface area (Å²) >= 11 is 0. The predicted molar refractivity (Wildman–Crippen MR) is 124 cm³/mol. The maximum atomic E-state index is 12.9. The van der Waals surface area contributed by atoms with Gasteiger partial charge in [-0.3, -0.25) is 4.79 Å². The van der Waals surface area contributed by atoms with Crippen LogP contribution >= 0.6 is 0 Å². The zero-order chi connectivity index (χ0) is 21.8. The van der Waals surface area contributed by atoms with E-state index in [0.29, 0.717) is 5.92 Å². The average molecular weight is 424 g/mol. The highest BCUT2D eigenvalue weighted by Gasteiger charge is 2.54. The van der Waals surface area contributed by atoms with E-state index < -0.39 is 0 Å². The zero-order valence-electron chi connectivity index (χ0n) is 19.8. The molecule has 1 N–H and O–H groups in total. The van der Waals surface area contributed by atoms with E-state index in [9.17, 15) is 4.79 Å². The maximum Gasteiger partial charge on any atom is 0.315 e. The van der Waals surface area contributed by atoms with Crippen LogP contribution in [0.25, 0.3) is 0 Å². The van der Waals surface area contributed by atoms with Crippen LogP contribution in [0, 0.1) is 31.1 Å². The second-order valence-electron chi connectivity index (χ2n) is 11.0. The molecule has 4 atom stereocenters. The number of nitrogens with zero attached hydrogens (tertiary/aromatic N) is 1. The van der Waals surface area contributed by atoms with E-state index in [4.69, 9.17) is 4.74 Å². The molecule has 4 nitrogen and oxygen atoms in total. The molecule has 2 aliphatic heterocycles. The van der Waals surface area contributed by atoms with Gasteiger partial charge in [0.05, 0.1) is 32.7 Å². The third-order valence-electron chi connectivity index (χ3n) is 9.08. The van der Waals surface area contributed by atoms with E-state index >= 15 is 0 Å². The molecule has 2 aliphatic carbocycles. The van der Waals surface area contributed by atoms with Gasteiger partial charge in [0, 0.05) is 11.6 Å². The molecule has 5 rings (SSSR count). The summed E-state index contributed by atoms with van der Waals surface area (Å²) in [5, 5.41) is 0. The van der Waals surface area contributed by atoms with Crippen LogP contribution in [0.5, 0.6) is 0 Å². The molecule has 0 unspecified atom stereocenters. The monoisotopic (exact) mass is 423 g/mol. The topological polar surface area (TPSA) is 34.0 Å². The number of hydrogen-bond donors (Lipinski definition) is 1. The van der Waals surface area contributed by atoms with Gasteiger partial charge in [-0.15, -0.1) is 0 Å². The Kier molecular flexibility index (Phi) is 5.40. The maximum absolute atomic E-state index is 12.9. The summed E-state index contributed by atoms with van der Waals surface area (Å²) in [6.45, 7) is 14.5. The molecule has 4 heteroatoms. The Labute approximate surface area is 187 Å². The van der Waals surface area contributed by atoms with Gasteiger partial charge in [-0.05, 0) is 75.5 Å². The first-order valence-electron chi connectivity index (χ1n) is 12.4. The molecule has 2 saturated heterocycles. The van der Waals surface area contributed by atoms with Gasteiger partial charge < -0.3 is 14.5 Å².